The maximum Gasteiger partial charge on any atom is 0.119 e. The van der Waals surface area contributed by atoms with Crippen molar-refractivity contribution in [3.05, 3.63) is 77.4 Å². The minimum atomic E-state index is 0.759. The molecule has 2 rings (SSSR count). The van der Waals surface area contributed by atoms with E-state index in [9.17, 15) is 0 Å². The number of aryl methyl sites for hydroxylation is 1. The van der Waals surface area contributed by atoms with Crippen molar-refractivity contribution >= 4 is 12.2 Å². The van der Waals surface area contributed by atoms with Gasteiger partial charge in [-0.25, -0.2) is 0 Å². The number of allylic oxidation sites excluding steroid dienone is 2. The zero-order chi connectivity index (χ0) is 19.9. The van der Waals surface area contributed by atoms with Gasteiger partial charge < -0.3 is 4.74 Å². The molecule has 28 heavy (non-hydrogen) atoms. The fourth-order valence-corrected chi connectivity index (χ4v) is 2.82. The molecular weight excluding hydrogens is 340 g/mol. The molecule has 0 heterocycles. The van der Waals surface area contributed by atoms with Crippen LogP contribution in [0.15, 0.2) is 60.7 Å². The van der Waals surface area contributed by atoms with Gasteiger partial charge in [-0.3, -0.25) is 0 Å². The number of rotatable bonds is 10. The lowest BCUT2D eigenvalue weighted by Crippen LogP contribution is -1.94. The Labute approximate surface area is 171 Å². The Morgan fingerprint density at radius 2 is 1.32 bits per heavy atom. The Balaban J connectivity index is 1.77. The van der Waals surface area contributed by atoms with Gasteiger partial charge in [-0.2, -0.15) is 0 Å². The number of hydrogen-bond donors (Lipinski definition) is 0. The predicted molar refractivity (Wildman–Crippen MR) is 122 cm³/mol. The van der Waals surface area contributed by atoms with Crippen molar-refractivity contribution in [2.45, 2.75) is 52.4 Å². The molecule has 0 aliphatic rings. The highest BCUT2D eigenvalue weighted by atomic mass is 16.5. The maximum absolute atomic E-state index is 5.58. The molecule has 0 N–H and O–H groups in total. The van der Waals surface area contributed by atoms with Crippen LogP contribution in [0.1, 0.15) is 62.6 Å². The highest BCUT2D eigenvalue weighted by molar-refractivity contribution is 5.56. The van der Waals surface area contributed by atoms with E-state index in [1.165, 1.54) is 43.2 Å². The van der Waals surface area contributed by atoms with Crippen LogP contribution in [0.3, 0.4) is 0 Å². The second-order valence-corrected chi connectivity index (χ2v) is 6.93. The van der Waals surface area contributed by atoms with Crippen LogP contribution in [-0.4, -0.2) is 6.61 Å². The lowest BCUT2D eigenvalue weighted by Gasteiger charge is -2.03. The highest BCUT2D eigenvalue weighted by Crippen LogP contribution is 2.13. The van der Waals surface area contributed by atoms with Crippen molar-refractivity contribution in [3.8, 4) is 17.6 Å². The van der Waals surface area contributed by atoms with Crippen LogP contribution in [-0.2, 0) is 6.42 Å². The first-order valence-corrected chi connectivity index (χ1v) is 10.5. The Hall–Kier alpha value is -2.72. The summed E-state index contributed by atoms with van der Waals surface area (Å²) in [5, 5.41) is 0. The number of ether oxygens (including phenoxy) is 1. The van der Waals surface area contributed by atoms with Gasteiger partial charge in [-0.05, 0) is 72.4 Å². The normalized spacial score (nSPS) is 10.9. The Bertz CT molecular complexity index is 783. The second kappa shape index (κ2) is 13.4. The van der Waals surface area contributed by atoms with Crippen molar-refractivity contribution in [1.82, 2.24) is 0 Å². The summed E-state index contributed by atoms with van der Waals surface area (Å²) in [4.78, 5) is 0. The van der Waals surface area contributed by atoms with Crippen LogP contribution in [0.5, 0.6) is 5.75 Å². The van der Waals surface area contributed by atoms with Gasteiger partial charge in [0.05, 0.1) is 6.61 Å². The van der Waals surface area contributed by atoms with Gasteiger partial charge in [0.1, 0.15) is 5.75 Å². The van der Waals surface area contributed by atoms with E-state index in [0.29, 0.717) is 0 Å². The monoisotopic (exact) mass is 372 g/mol. The molecule has 0 atom stereocenters. The number of unbranched alkanes of at least 4 members (excludes halogenated alkanes) is 3. The van der Waals surface area contributed by atoms with Gasteiger partial charge in [-0.1, -0.05) is 81.3 Å². The quantitative estimate of drug-likeness (QED) is 0.313. The molecule has 0 amide bonds. The lowest BCUT2D eigenvalue weighted by atomic mass is 10.0. The van der Waals surface area contributed by atoms with E-state index >= 15 is 0 Å². The molecule has 0 aliphatic heterocycles. The predicted octanol–water partition coefficient (Wildman–Crippen LogP) is 7.33. The average molecular weight is 373 g/mol. The summed E-state index contributed by atoms with van der Waals surface area (Å²) < 4.78 is 5.58. The van der Waals surface area contributed by atoms with Crippen molar-refractivity contribution in [2.24, 2.45) is 0 Å². The fraction of sp³-hybridized carbons (Fsp3) is 0.333. The topological polar surface area (TPSA) is 9.23 Å². The highest BCUT2D eigenvalue weighted by Gasteiger charge is 1.94. The molecule has 0 saturated heterocycles. The molecular formula is C27H32O. The Kier molecular flexibility index (Phi) is 10.4. The molecule has 0 radical (unpaired) electrons. The summed E-state index contributed by atoms with van der Waals surface area (Å²) in [5.74, 6) is 7.04. The second-order valence-electron chi connectivity index (χ2n) is 6.93. The molecule has 0 aliphatic carbocycles. The first-order valence-electron chi connectivity index (χ1n) is 10.5. The van der Waals surface area contributed by atoms with Gasteiger partial charge in [0.25, 0.3) is 0 Å². The standard InChI is InChI=1S/C27H32O/c1-3-5-6-9-12-24-15-17-25(18-16-24)13-10-7-8-11-14-26-19-21-27(22-20-26)28-23-4-2/h10-11,13-22H,3-6,9,12,23H2,1-2H3. The minimum Gasteiger partial charge on any atom is -0.494 e. The van der Waals surface area contributed by atoms with E-state index in [-0.39, 0.29) is 0 Å². The molecule has 146 valence electrons. The zero-order valence-electron chi connectivity index (χ0n) is 17.3. The summed E-state index contributed by atoms with van der Waals surface area (Å²) >= 11 is 0. The summed E-state index contributed by atoms with van der Waals surface area (Å²) in [7, 11) is 0. The first-order chi connectivity index (χ1) is 13.8. The van der Waals surface area contributed by atoms with Crippen LogP contribution in [0.2, 0.25) is 0 Å². The lowest BCUT2D eigenvalue weighted by molar-refractivity contribution is 0.317. The molecule has 0 bridgehead atoms. The van der Waals surface area contributed by atoms with Gasteiger partial charge in [0.2, 0.25) is 0 Å². The molecule has 1 nitrogen and oxygen atoms in total. The van der Waals surface area contributed by atoms with Crippen molar-refractivity contribution in [3.63, 3.8) is 0 Å². The molecule has 0 unspecified atom stereocenters. The summed E-state index contributed by atoms with van der Waals surface area (Å²) in [6.07, 6.45) is 15.3. The largest absolute Gasteiger partial charge is 0.494 e. The van der Waals surface area contributed by atoms with Crippen molar-refractivity contribution < 1.29 is 4.74 Å². The molecule has 0 saturated carbocycles. The van der Waals surface area contributed by atoms with Crippen LogP contribution in [0.4, 0.5) is 0 Å². The van der Waals surface area contributed by atoms with Gasteiger partial charge in [0, 0.05) is 0 Å². The molecule has 2 aromatic rings. The van der Waals surface area contributed by atoms with Crippen LogP contribution in [0.25, 0.3) is 12.2 Å². The van der Waals surface area contributed by atoms with Gasteiger partial charge in [-0.15, -0.1) is 0 Å². The van der Waals surface area contributed by atoms with Crippen LogP contribution in [0, 0.1) is 11.8 Å². The Morgan fingerprint density at radius 3 is 1.89 bits per heavy atom. The average Bonchev–Trinajstić information content (AvgIpc) is 2.74. The van der Waals surface area contributed by atoms with Crippen molar-refractivity contribution in [1.29, 1.82) is 0 Å². The van der Waals surface area contributed by atoms with Crippen LogP contribution >= 0.6 is 0 Å². The molecule has 1 heteroatoms. The number of hydrogen-bond acceptors (Lipinski definition) is 1. The molecule has 0 spiro atoms. The van der Waals surface area contributed by atoms with E-state index in [0.717, 1.165) is 24.3 Å². The molecule has 0 aromatic heterocycles. The Morgan fingerprint density at radius 1 is 0.714 bits per heavy atom. The third-order valence-electron chi connectivity index (χ3n) is 4.45. The summed E-state index contributed by atoms with van der Waals surface area (Å²) in [6.45, 7) is 5.12. The van der Waals surface area contributed by atoms with Gasteiger partial charge in [0.15, 0.2) is 0 Å². The maximum atomic E-state index is 5.58. The van der Waals surface area contributed by atoms with E-state index in [1.807, 2.05) is 42.5 Å². The van der Waals surface area contributed by atoms with Crippen LogP contribution < -0.4 is 4.74 Å². The SMILES string of the molecule is CCCCCCc1ccc(C=CC#CC=Cc2ccc(OCCC)cc2)cc1. The third-order valence-corrected chi connectivity index (χ3v) is 4.45. The fourth-order valence-electron chi connectivity index (χ4n) is 2.82. The molecule has 2 aromatic carbocycles. The zero-order valence-corrected chi connectivity index (χ0v) is 17.3. The third kappa shape index (κ3) is 8.78. The van der Waals surface area contributed by atoms with Crippen molar-refractivity contribution in [2.75, 3.05) is 6.61 Å². The summed E-state index contributed by atoms with van der Waals surface area (Å²) in [6, 6.07) is 16.9. The smallest absolute Gasteiger partial charge is 0.119 e. The summed E-state index contributed by atoms with van der Waals surface area (Å²) in [5.41, 5.74) is 3.74. The van der Waals surface area contributed by atoms with E-state index in [4.69, 9.17) is 4.74 Å². The minimum absolute atomic E-state index is 0.759. The van der Waals surface area contributed by atoms with Gasteiger partial charge >= 0.3 is 0 Å². The van der Waals surface area contributed by atoms with E-state index in [1.54, 1.807) is 0 Å². The van der Waals surface area contributed by atoms with E-state index < -0.39 is 0 Å². The van der Waals surface area contributed by atoms with E-state index in [2.05, 4.69) is 56.0 Å². The molecule has 0 fully saturated rings. The first kappa shape index (κ1) is 21.6. The number of benzene rings is 2.